The molecule has 1 aromatic heterocycles. The SMILES string of the molecule is COC(=O)CSc1nnc(NC(=O)CCc2ccccc2Cl)s1. The maximum Gasteiger partial charge on any atom is 0.316 e. The fraction of sp³-hybridized carbons (Fsp3) is 0.286. The van der Waals surface area contributed by atoms with E-state index in [1.54, 1.807) is 6.07 Å². The van der Waals surface area contributed by atoms with Gasteiger partial charge in [0, 0.05) is 11.4 Å². The highest BCUT2D eigenvalue weighted by atomic mass is 35.5. The third-order valence-electron chi connectivity index (χ3n) is 2.77. The second-order valence-electron chi connectivity index (χ2n) is 4.38. The number of thioether (sulfide) groups is 1. The molecule has 0 saturated carbocycles. The van der Waals surface area contributed by atoms with E-state index in [4.69, 9.17) is 11.6 Å². The number of carbonyl (C=O) groups is 2. The topological polar surface area (TPSA) is 81.2 Å². The van der Waals surface area contributed by atoms with Gasteiger partial charge in [0.2, 0.25) is 11.0 Å². The van der Waals surface area contributed by atoms with Crippen molar-refractivity contribution in [3.63, 3.8) is 0 Å². The molecule has 0 aliphatic carbocycles. The molecule has 0 fully saturated rings. The van der Waals surface area contributed by atoms with Gasteiger partial charge in [-0.1, -0.05) is 52.9 Å². The molecule has 1 aromatic carbocycles. The van der Waals surface area contributed by atoms with Gasteiger partial charge >= 0.3 is 5.97 Å². The van der Waals surface area contributed by atoms with Crippen LogP contribution in [0.25, 0.3) is 0 Å². The smallest absolute Gasteiger partial charge is 0.316 e. The first-order valence-electron chi connectivity index (χ1n) is 6.65. The van der Waals surface area contributed by atoms with Crippen molar-refractivity contribution in [3.05, 3.63) is 34.9 Å². The van der Waals surface area contributed by atoms with E-state index >= 15 is 0 Å². The molecule has 0 spiro atoms. The van der Waals surface area contributed by atoms with Gasteiger partial charge in [-0.3, -0.25) is 9.59 Å². The number of nitrogens with one attached hydrogen (secondary N) is 1. The zero-order valence-electron chi connectivity index (χ0n) is 12.2. The number of anilines is 1. The van der Waals surface area contributed by atoms with Gasteiger partial charge in [0.05, 0.1) is 12.9 Å². The van der Waals surface area contributed by atoms with Crippen molar-refractivity contribution in [2.75, 3.05) is 18.2 Å². The quantitative estimate of drug-likeness (QED) is 0.457. The van der Waals surface area contributed by atoms with E-state index in [0.717, 1.165) is 5.56 Å². The van der Waals surface area contributed by atoms with Gasteiger partial charge in [-0.05, 0) is 18.1 Å². The molecule has 1 amide bonds. The van der Waals surface area contributed by atoms with Crippen LogP contribution in [0.3, 0.4) is 0 Å². The Morgan fingerprint density at radius 1 is 1.35 bits per heavy atom. The number of carbonyl (C=O) groups excluding carboxylic acids is 2. The lowest BCUT2D eigenvalue weighted by Gasteiger charge is -2.03. The molecular weight excluding hydrogens is 358 g/mol. The third kappa shape index (κ3) is 5.81. The van der Waals surface area contributed by atoms with Gasteiger partial charge in [-0.25, -0.2) is 0 Å². The minimum Gasteiger partial charge on any atom is -0.468 e. The molecule has 23 heavy (non-hydrogen) atoms. The Kier molecular flexibility index (Phi) is 6.82. The van der Waals surface area contributed by atoms with Crippen LogP contribution in [0.2, 0.25) is 5.02 Å². The summed E-state index contributed by atoms with van der Waals surface area (Å²) in [4.78, 5) is 23.0. The molecule has 0 atom stereocenters. The van der Waals surface area contributed by atoms with E-state index in [0.29, 0.717) is 27.3 Å². The summed E-state index contributed by atoms with van der Waals surface area (Å²) < 4.78 is 5.14. The summed E-state index contributed by atoms with van der Waals surface area (Å²) in [5, 5.41) is 11.5. The molecule has 6 nitrogen and oxygen atoms in total. The predicted octanol–water partition coefficient (Wildman–Crippen LogP) is 3.03. The van der Waals surface area contributed by atoms with Gasteiger partial charge in [0.25, 0.3) is 0 Å². The number of aromatic nitrogens is 2. The summed E-state index contributed by atoms with van der Waals surface area (Å²) in [6, 6.07) is 7.42. The number of methoxy groups -OCH3 is 1. The standard InChI is InChI=1S/C14H14ClN3O3S2/c1-21-12(20)8-22-14-18-17-13(23-14)16-11(19)7-6-9-4-2-3-5-10(9)15/h2-5H,6-8H2,1H3,(H,16,17,19). The lowest BCUT2D eigenvalue weighted by molar-refractivity contribution is -0.137. The fourth-order valence-electron chi connectivity index (χ4n) is 1.63. The average Bonchev–Trinajstić information content (AvgIpc) is 2.99. The number of aryl methyl sites for hydroxylation is 1. The second-order valence-corrected chi connectivity index (χ2v) is 6.98. The van der Waals surface area contributed by atoms with Gasteiger partial charge in [0.1, 0.15) is 0 Å². The highest BCUT2D eigenvalue weighted by molar-refractivity contribution is 8.01. The molecular formula is C14H14ClN3O3S2. The van der Waals surface area contributed by atoms with Crippen LogP contribution in [0.1, 0.15) is 12.0 Å². The molecule has 0 radical (unpaired) electrons. The Bertz CT molecular complexity index is 693. The number of hydrogen-bond acceptors (Lipinski definition) is 7. The van der Waals surface area contributed by atoms with Gasteiger partial charge < -0.3 is 10.1 Å². The highest BCUT2D eigenvalue weighted by Crippen LogP contribution is 2.25. The molecule has 2 aromatic rings. The molecule has 9 heteroatoms. The Balaban J connectivity index is 1.80. The van der Waals surface area contributed by atoms with Crippen molar-refractivity contribution in [2.24, 2.45) is 0 Å². The maximum absolute atomic E-state index is 11.9. The van der Waals surface area contributed by atoms with E-state index in [2.05, 4.69) is 20.3 Å². The largest absolute Gasteiger partial charge is 0.468 e. The number of nitrogens with zero attached hydrogens (tertiary/aromatic N) is 2. The zero-order valence-corrected chi connectivity index (χ0v) is 14.6. The summed E-state index contributed by atoms with van der Waals surface area (Å²) >= 11 is 8.48. The van der Waals surface area contributed by atoms with E-state index in [1.165, 1.54) is 30.2 Å². The second kappa shape index (κ2) is 8.85. The van der Waals surface area contributed by atoms with Gasteiger partial charge in [-0.2, -0.15) is 0 Å². The first-order valence-corrected chi connectivity index (χ1v) is 8.83. The number of amides is 1. The number of esters is 1. The summed E-state index contributed by atoms with van der Waals surface area (Å²) in [5.41, 5.74) is 0.927. The third-order valence-corrected chi connectivity index (χ3v) is 5.09. The van der Waals surface area contributed by atoms with Crippen LogP contribution in [0, 0.1) is 0 Å². The van der Waals surface area contributed by atoms with Crippen LogP contribution in [0.5, 0.6) is 0 Å². The number of halogens is 1. The number of hydrogen-bond donors (Lipinski definition) is 1. The van der Waals surface area contributed by atoms with E-state index in [1.807, 2.05) is 18.2 Å². The molecule has 0 unspecified atom stereocenters. The predicted molar refractivity (Wildman–Crippen MR) is 91.1 cm³/mol. The normalized spacial score (nSPS) is 10.3. The van der Waals surface area contributed by atoms with Crippen LogP contribution in [-0.2, 0) is 20.7 Å². The van der Waals surface area contributed by atoms with Crippen LogP contribution in [0.15, 0.2) is 28.6 Å². The van der Waals surface area contributed by atoms with Crippen LogP contribution in [-0.4, -0.2) is 34.9 Å². The van der Waals surface area contributed by atoms with Gasteiger partial charge in [0.15, 0.2) is 4.34 Å². The number of rotatable bonds is 7. The Morgan fingerprint density at radius 3 is 2.87 bits per heavy atom. The molecule has 0 aliphatic heterocycles. The molecule has 1 heterocycles. The van der Waals surface area contributed by atoms with Crippen molar-refractivity contribution in [1.29, 1.82) is 0 Å². The van der Waals surface area contributed by atoms with E-state index < -0.39 is 0 Å². The number of benzene rings is 1. The molecule has 0 aliphatic rings. The first kappa shape index (κ1) is 17.7. The minimum atomic E-state index is -0.337. The van der Waals surface area contributed by atoms with Crippen molar-refractivity contribution >= 4 is 51.7 Å². The highest BCUT2D eigenvalue weighted by Gasteiger charge is 2.11. The summed E-state index contributed by atoms with van der Waals surface area (Å²) in [7, 11) is 1.33. The molecule has 122 valence electrons. The Labute approximate surface area is 146 Å². The van der Waals surface area contributed by atoms with Crippen LogP contribution >= 0.6 is 34.7 Å². The number of ether oxygens (including phenoxy) is 1. The monoisotopic (exact) mass is 371 g/mol. The van der Waals surface area contributed by atoms with Crippen molar-refractivity contribution < 1.29 is 14.3 Å². The van der Waals surface area contributed by atoms with Gasteiger partial charge in [-0.15, -0.1) is 10.2 Å². The lowest BCUT2D eigenvalue weighted by Crippen LogP contribution is -2.12. The first-order chi connectivity index (χ1) is 11.1. The molecule has 1 N–H and O–H groups in total. The summed E-state index contributed by atoms with van der Waals surface area (Å²) in [5.74, 6) is -0.341. The molecule has 0 bridgehead atoms. The maximum atomic E-state index is 11.9. The fourth-order valence-corrected chi connectivity index (χ4v) is 3.46. The van der Waals surface area contributed by atoms with Crippen molar-refractivity contribution in [3.8, 4) is 0 Å². The zero-order chi connectivity index (χ0) is 16.7. The van der Waals surface area contributed by atoms with E-state index in [9.17, 15) is 9.59 Å². The van der Waals surface area contributed by atoms with Crippen molar-refractivity contribution in [2.45, 2.75) is 17.2 Å². The Hall–Kier alpha value is -1.64. The molecule has 0 saturated heterocycles. The van der Waals surface area contributed by atoms with Crippen LogP contribution in [0.4, 0.5) is 5.13 Å². The summed E-state index contributed by atoms with van der Waals surface area (Å²) in [6.45, 7) is 0. The van der Waals surface area contributed by atoms with Crippen LogP contribution < -0.4 is 5.32 Å². The minimum absolute atomic E-state index is 0.158. The summed E-state index contributed by atoms with van der Waals surface area (Å²) in [6.07, 6.45) is 0.849. The lowest BCUT2D eigenvalue weighted by atomic mass is 10.1. The average molecular weight is 372 g/mol. The Morgan fingerprint density at radius 2 is 2.13 bits per heavy atom. The molecule has 2 rings (SSSR count). The van der Waals surface area contributed by atoms with Crippen molar-refractivity contribution in [1.82, 2.24) is 10.2 Å². The van der Waals surface area contributed by atoms with E-state index in [-0.39, 0.29) is 17.6 Å².